The van der Waals surface area contributed by atoms with Gasteiger partial charge < -0.3 is 0 Å². The summed E-state index contributed by atoms with van der Waals surface area (Å²) in [7, 11) is 0. The van der Waals surface area contributed by atoms with E-state index in [1.165, 1.54) is 6.08 Å². The third kappa shape index (κ3) is 0.683. The van der Waals surface area contributed by atoms with Gasteiger partial charge in [0.2, 0.25) is 0 Å². The van der Waals surface area contributed by atoms with Crippen LogP contribution in [0.3, 0.4) is 0 Å². The van der Waals surface area contributed by atoms with E-state index in [4.69, 9.17) is 0 Å². The van der Waals surface area contributed by atoms with Crippen molar-refractivity contribution in [3.63, 3.8) is 0 Å². The van der Waals surface area contributed by atoms with E-state index in [2.05, 4.69) is 0 Å². The van der Waals surface area contributed by atoms with Crippen molar-refractivity contribution in [1.29, 1.82) is 0 Å². The minimum atomic E-state index is -1.47. The van der Waals surface area contributed by atoms with Crippen LogP contribution in [0, 0.1) is 0 Å². The smallest absolute Gasteiger partial charge is 0.170 e. The van der Waals surface area contributed by atoms with Crippen molar-refractivity contribution < 1.29 is 8.78 Å². The zero-order chi connectivity index (χ0) is 5.28. The van der Waals surface area contributed by atoms with E-state index in [0.717, 1.165) is 12.2 Å². The van der Waals surface area contributed by atoms with Crippen molar-refractivity contribution in [2.45, 2.75) is 6.17 Å². The van der Waals surface area contributed by atoms with Crippen LogP contribution in [0.25, 0.3) is 0 Å². The molecule has 0 heterocycles. The van der Waals surface area contributed by atoms with Crippen molar-refractivity contribution in [1.82, 2.24) is 0 Å². The molecule has 0 spiro atoms. The molecule has 0 aliphatic heterocycles. The molecule has 0 saturated heterocycles. The maximum atomic E-state index is 11.8. The Hall–Kier alpha value is -0.660. The van der Waals surface area contributed by atoms with E-state index >= 15 is 0 Å². The normalized spacial score (nSPS) is 28.3. The SMILES string of the molecule is FC1=CC=CC1F. The van der Waals surface area contributed by atoms with E-state index < -0.39 is 12.0 Å². The molecule has 0 aromatic carbocycles. The zero-order valence-corrected chi connectivity index (χ0v) is 3.57. The Morgan fingerprint density at radius 1 is 1.57 bits per heavy atom. The summed E-state index contributed by atoms with van der Waals surface area (Å²) in [5.41, 5.74) is 0. The second-order valence-corrected chi connectivity index (χ2v) is 1.34. The Kier molecular flexibility index (Phi) is 0.929. The fourth-order valence-electron chi connectivity index (χ4n) is 0.429. The molecule has 1 unspecified atom stereocenters. The molecule has 0 saturated carbocycles. The number of hydrogen-bond donors (Lipinski definition) is 0. The van der Waals surface area contributed by atoms with Crippen LogP contribution in [0.5, 0.6) is 0 Å². The van der Waals surface area contributed by atoms with Crippen LogP contribution in [0.2, 0.25) is 0 Å². The molecule has 0 nitrogen and oxygen atoms in total. The molecule has 38 valence electrons. The molecule has 7 heavy (non-hydrogen) atoms. The fraction of sp³-hybridized carbons (Fsp3) is 0.200. The first-order chi connectivity index (χ1) is 3.30. The lowest BCUT2D eigenvalue weighted by Gasteiger charge is -1.87. The topological polar surface area (TPSA) is 0 Å². The molecule has 1 aliphatic carbocycles. The fourth-order valence-corrected chi connectivity index (χ4v) is 0.429. The molecule has 0 aromatic heterocycles. The average molecular weight is 102 g/mol. The Balaban J connectivity index is 2.69. The number of hydrogen-bond acceptors (Lipinski definition) is 0. The molecule has 0 amide bonds. The molecule has 0 N–H and O–H groups in total. The minimum Gasteiger partial charge on any atom is -0.235 e. The van der Waals surface area contributed by atoms with E-state index in [1.54, 1.807) is 0 Å². The van der Waals surface area contributed by atoms with Crippen LogP contribution < -0.4 is 0 Å². The number of alkyl halides is 1. The van der Waals surface area contributed by atoms with Gasteiger partial charge in [0, 0.05) is 0 Å². The predicted octanol–water partition coefficient (Wildman–Crippen LogP) is 1.75. The zero-order valence-electron chi connectivity index (χ0n) is 3.57. The summed E-state index contributed by atoms with van der Waals surface area (Å²) < 4.78 is 23.5. The van der Waals surface area contributed by atoms with Crippen molar-refractivity contribution >= 4 is 0 Å². The lowest BCUT2D eigenvalue weighted by molar-refractivity contribution is 0.388. The summed E-state index contributed by atoms with van der Waals surface area (Å²) in [6.07, 6.45) is 2.17. The minimum absolute atomic E-state index is 0.694. The van der Waals surface area contributed by atoms with E-state index in [-0.39, 0.29) is 0 Å². The molecule has 1 atom stereocenters. The van der Waals surface area contributed by atoms with Crippen LogP contribution in [-0.4, -0.2) is 6.17 Å². The van der Waals surface area contributed by atoms with Gasteiger partial charge in [0.05, 0.1) is 0 Å². The molecular formula is C5H4F2. The summed E-state index contributed by atoms with van der Waals surface area (Å²) in [5.74, 6) is -0.694. The maximum absolute atomic E-state index is 11.8. The highest BCUT2D eigenvalue weighted by Crippen LogP contribution is 2.14. The number of rotatable bonds is 0. The monoisotopic (exact) mass is 102 g/mol. The first kappa shape index (κ1) is 4.50. The van der Waals surface area contributed by atoms with Gasteiger partial charge >= 0.3 is 0 Å². The molecule has 0 fully saturated rings. The van der Waals surface area contributed by atoms with E-state index in [1.807, 2.05) is 0 Å². The van der Waals surface area contributed by atoms with Crippen LogP contribution in [0.4, 0.5) is 8.78 Å². The van der Waals surface area contributed by atoms with Crippen LogP contribution in [-0.2, 0) is 0 Å². The van der Waals surface area contributed by atoms with E-state index in [9.17, 15) is 8.78 Å². The highest BCUT2D eigenvalue weighted by atomic mass is 19.2. The predicted molar refractivity (Wildman–Crippen MR) is 23.2 cm³/mol. The molecule has 0 bridgehead atoms. The van der Waals surface area contributed by atoms with Crippen LogP contribution in [0.1, 0.15) is 0 Å². The van der Waals surface area contributed by atoms with Crippen molar-refractivity contribution in [3.05, 3.63) is 24.1 Å². The highest BCUT2D eigenvalue weighted by Gasteiger charge is 2.10. The number of allylic oxidation sites excluding steroid dienone is 4. The van der Waals surface area contributed by atoms with Gasteiger partial charge in [-0.15, -0.1) is 0 Å². The third-order valence-electron chi connectivity index (χ3n) is 0.799. The molecule has 0 aromatic rings. The molecule has 2 heteroatoms. The van der Waals surface area contributed by atoms with E-state index in [0.29, 0.717) is 0 Å². The largest absolute Gasteiger partial charge is 0.235 e. The second kappa shape index (κ2) is 1.45. The lowest BCUT2D eigenvalue weighted by Crippen LogP contribution is -1.88. The van der Waals surface area contributed by atoms with Gasteiger partial charge in [-0.2, -0.15) is 0 Å². The van der Waals surface area contributed by atoms with Gasteiger partial charge in [0.1, 0.15) is 5.83 Å². The number of halogens is 2. The standard InChI is InChI=1S/C5H4F2/c6-4-2-1-3-5(4)7/h1-4H. The first-order valence-electron chi connectivity index (χ1n) is 1.98. The highest BCUT2D eigenvalue weighted by molar-refractivity contribution is 5.23. The summed E-state index contributed by atoms with van der Waals surface area (Å²) in [5, 5.41) is 0. The third-order valence-corrected chi connectivity index (χ3v) is 0.799. The lowest BCUT2D eigenvalue weighted by atomic mass is 10.4. The Morgan fingerprint density at radius 3 is 2.43 bits per heavy atom. The summed E-state index contributed by atoms with van der Waals surface area (Å²) in [4.78, 5) is 0. The first-order valence-corrected chi connectivity index (χ1v) is 1.98. The molecule has 1 rings (SSSR count). The van der Waals surface area contributed by atoms with Crippen LogP contribution in [0.15, 0.2) is 24.1 Å². The summed E-state index contributed by atoms with van der Waals surface area (Å²) >= 11 is 0. The quantitative estimate of drug-likeness (QED) is 0.437. The van der Waals surface area contributed by atoms with Crippen molar-refractivity contribution in [2.24, 2.45) is 0 Å². The molecular weight excluding hydrogens is 98.1 g/mol. The Bertz CT molecular complexity index is 124. The summed E-state index contributed by atoms with van der Waals surface area (Å²) in [6.45, 7) is 0. The van der Waals surface area contributed by atoms with Crippen LogP contribution >= 0.6 is 0 Å². The van der Waals surface area contributed by atoms with Gasteiger partial charge in [-0.25, -0.2) is 8.78 Å². The Labute approximate surface area is 40.1 Å². The van der Waals surface area contributed by atoms with Gasteiger partial charge in [0.25, 0.3) is 0 Å². The average Bonchev–Trinajstić information content (AvgIpc) is 1.91. The van der Waals surface area contributed by atoms with Gasteiger partial charge in [-0.1, -0.05) is 6.08 Å². The second-order valence-electron chi connectivity index (χ2n) is 1.34. The molecule has 1 aliphatic rings. The van der Waals surface area contributed by atoms with Crippen molar-refractivity contribution in [2.75, 3.05) is 0 Å². The van der Waals surface area contributed by atoms with Gasteiger partial charge in [0.15, 0.2) is 6.17 Å². The molecule has 0 radical (unpaired) electrons. The Morgan fingerprint density at radius 2 is 2.29 bits per heavy atom. The maximum Gasteiger partial charge on any atom is 0.170 e. The van der Waals surface area contributed by atoms with Crippen molar-refractivity contribution in [3.8, 4) is 0 Å². The van der Waals surface area contributed by atoms with Gasteiger partial charge in [-0.3, -0.25) is 0 Å². The summed E-state index contributed by atoms with van der Waals surface area (Å²) in [6, 6.07) is 0. The van der Waals surface area contributed by atoms with Gasteiger partial charge in [-0.05, 0) is 12.2 Å².